The molecule has 1 N–H and O–H groups in total. The van der Waals surface area contributed by atoms with Gasteiger partial charge in [-0.25, -0.2) is 9.78 Å². The van der Waals surface area contributed by atoms with E-state index in [2.05, 4.69) is 9.55 Å². The van der Waals surface area contributed by atoms with Crippen molar-refractivity contribution in [1.29, 1.82) is 0 Å². The Labute approximate surface area is 158 Å². The second-order valence-corrected chi connectivity index (χ2v) is 6.29. The second-order valence-electron chi connectivity index (χ2n) is 6.29. The monoisotopic (exact) mass is 368 g/mol. The summed E-state index contributed by atoms with van der Waals surface area (Å²) in [6.07, 6.45) is 0.845. The topological polar surface area (TPSA) is 73.6 Å². The molecule has 0 aliphatic rings. The zero-order valence-corrected chi connectivity index (χ0v) is 15.6. The quantitative estimate of drug-likeness (QED) is 0.577. The number of aromatic nitrogens is 2. The Kier molecular flexibility index (Phi) is 6.08. The highest BCUT2D eigenvalue weighted by molar-refractivity contribution is 5.92. The molecule has 0 bridgehead atoms. The van der Waals surface area contributed by atoms with Crippen molar-refractivity contribution in [3.05, 3.63) is 59.4 Å². The number of ether oxygens (including phenoxy) is 2. The van der Waals surface area contributed by atoms with Crippen molar-refractivity contribution >= 4 is 17.0 Å². The van der Waals surface area contributed by atoms with E-state index >= 15 is 0 Å². The lowest BCUT2D eigenvalue weighted by atomic mass is 10.2. The third-order valence-corrected chi connectivity index (χ3v) is 4.40. The number of carbonyl (C=O) groups is 1. The summed E-state index contributed by atoms with van der Waals surface area (Å²) in [6.45, 7) is 6.38. The van der Waals surface area contributed by atoms with Crippen LogP contribution < -0.4 is 4.74 Å². The summed E-state index contributed by atoms with van der Waals surface area (Å²) in [5.41, 5.74) is 2.85. The average Bonchev–Trinajstić information content (AvgIpc) is 3.01. The molecular weight excluding hydrogens is 344 g/mol. The van der Waals surface area contributed by atoms with Gasteiger partial charge in [0.2, 0.25) is 0 Å². The van der Waals surface area contributed by atoms with Gasteiger partial charge in [-0.05, 0) is 50.1 Å². The fraction of sp³-hybridized carbons (Fsp3) is 0.333. The number of hydrogen-bond acceptors (Lipinski definition) is 4. The Morgan fingerprint density at radius 3 is 2.78 bits per heavy atom. The summed E-state index contributed by atoms with van der Waals surface area (Å²) >= 11 is 0. The predicted octanol–water partition coefficient (Wildman–Crippen LogP) is 4.05. The van der Waals surface area contributed by atoms with Gasteiger partial charge in [-0.3, -0.25) is 0 Å². The maximum Gasteiger partial charge on any atom is 0.335 e. The minimum Gasteiger partial charge on any atom is -0.485 e. The maximum atomic E-state index is 11.3. The van der Waals surface area contributed by atoms with Gasteiger partial charge in [0.05, 0.1) is 16.6 Å². The number of carboxylic acids is 1. The third kappa shape index (κ3) is 4.46. The molecule has 0 saturated heterocycles. The van der Waals surface area contributed by atoms with Crippen molar-refractivity contribution in [2.45, 2.75) is 33.4 Å². The van der Waals surface area contributed by atoms with Crippen molar-refractivity contribution in [3.63, 3.8) is 0 Å². The molecule has 2 aromatic carbocycles. The second kappa shape index (κ2) is 8.68. The first-order chi connectivity index (χ1) is 13.1. The molecule has 0 aliphatic heterocycles. The Balaban J connectivity index is 1.88. The predicted molar refractivity (Wildman–Crippen MR) is 103 cm³/mol. The van der Waals surface area contributed by atoms with E-state index in [1.165, 1.54) is 0 Å². The number of aryl methyl sites for hydroxylation is 2. The number of aromatic carboxylic acids is 1. The molecule has 1 heterocycles. The molecule has 27 heavy (non-hydrogen) atoms. The van der Waals surface area contributed by atoms with Crippen molar-refractivity contribution in [1.82, 2.24) is 9.55 Å². The van der Waals surface area contributed by atoms with Crippen LogP contribution in [-0.2, 0) is 17.9 Å². The highest BCUT2D eigenvalue weighted by atomic mass is 16.5. The number of nitrogens with zero attached hydrogens (tertiary/aromatic N) is 2. The molecule has 142 valence electrons. The van der Waals surface area contributed by atoms with E-state index < -0.39 is 5.97 Å². The summed E-state index contributed by atoms with van der Waals surface area (Å²) < 4.78 is 13.5. The minimum atomic E-state index is -0.958. The third-order valence-electron chi connectivity index (χ3n) is 4.40. The van der Waals surface area contributed by atoms with E-state index in [0.29, 0.717) is 25.3 Å². The molecule has 0 amide bonds. The molecule has 3 aromatic rings. The normalized spacial score (nSPS) is 11.0. The molecule has 3 rings (SSSR count). The fourth-order valence-electron chi connectivity index (χ4n) is 3.00. The number of fused-ring (bicyclic) bond motifs is 1. The zero-order valence-electron chi connectivity index (χ0n) is 15.6. The molecule has 0 spiro atoms. The van der Waals surface area contributed by atoms with E-state index in [4.69, 9.17) is 9.47 Å². The van der Waals surface area contributed by atoms with Crippen LogP contribution in [0.3, 0.4) is 0 Å². The van der Waals surface area contributed by atoms with Crippen LogP contribution in [0.25, 0.3) is 11.0 Å². The van der Waals surface area contributed by atoms with E-state index in [1.54, 1.807) is 12.1 Å². The highest BCUT2D eigenvalue weighted by Gasteiger charge is 2.14. The molecule has 0 unspecified atom stereocenters. The number of para-hydroxylation sites is 1. The van der Waals surface area contributed by atoms with Crippen LogP contribution in [0.1, 0.15) is 35.1 Å². The highest BCUT2D eigenvalue weighted by Crippen LogP contribution is 2.22. The first kappa shape index (κ1) is 18.9. The summed E-state index contributed by atoms with van der Waals surface area (Å²) in [4.78, 5) is 15.9. The molecule has 6 nitrogen and oxygen atoms in total. The standard InChI is InChI=1S/C21H24N2O4/c1-3-26-12-6-11-23-18-10-9-16(21(24)25)13-17(18)22-20(23)14-27-19-8-5-4-7-15(19)2/h4-5,7-10,13H,3,6,11-12,14H2,1-2H3,(H,24,25). The Hall–Kier alpha value is -2.86. The van der Waals surface area contributed by atoms with Crippen LogP contribution in [0, 0.1) is 6.92 Å². The first-order valence-corrected chi connectivity index (χ1v) is 9.08. The SMILES string of the molecule is CCOCCCn1c(COc2ccccc2C)nc2cc(C(=O)O)ccc21. The molecule has 1 aromatic heterocycles. The largest absolute Gasteiger partial charge is 0.485 e. The molecule has 6 heteroatoms. The van der Waals surface area contributed by atoms with Crippen molar-refractivity contribution < 1.29 is 19.4 Å². The molecular formula is C21H24N2O4. The lowest BCUT2D eigenvalue weighted by Gasteiger charge is -2.12. The fourth-order valence-corrected chi connectivity index (χ4v) is 3.00. The number of carboxylic acid groups (broad SMARTS) is 1. The van der Waals surface area contributed by atoms with E-state index in [1.807, 2.05) is 44.2 Å². The van der Waals surface area contributed by atoms with Gasteiger partial charge in [0.15, 0.2) is 0 Å². The van der Waals surface area contributed by atoms with Gasteiger partial charge in [-0.15, -0.1) is 0 Å². The van der Waals surface area contributed by atoms with Gasteiger partial charge in [0, 0.05) is 19.8 Å². The van der Waals surface area contributed by atoms with Gasteiger partial charge < -0.3 is 19.1 Å². The van der Waals surface area contributed by atoms with Crippen molar-refractivity contribution in [3.8, 4) is 5.75 Å². The van der Waals surface area contributed by atoms with Gasteiger partial charge in [0.1, 0.15) is 18.2 Å². The maximum absolute atomic E-state index is 11.3. The van der Waals surface area contributed by atoms with E-state index in [-0.39, 0.29) is 5.56 Å². The minimum absolute atomic E-state index is 0.229. The van der Waals surface area contributed by atoms with Gasteiger partial charge in [-0.1, -0.05) is 18.2 Å². The number of imidazole rings is 1. The molecule has 0 saturated carbocycles. The smallest absolute Gasteiger partial charge is 0.335 e. The molecule has 0 atom stereocenters. The molecule has 0 aliphatic carbocycles. The summed E-state index contributed by atoms with van der Waals surface area (Å²) in [5, 5.41) is 9.23. The summed E-state index contributed by atoms with van der Waals surface area (Å²) in [6, 6.07) is 12.9. The van der Waals surface area contributed by atoms with Gasteiger partial charge in [0.25, 0.3) is 0 Å². The van der Waals surface area contributed by atoms with Crippen LogP contribution in [-0.4, -0.2) is 33.8 Å². The number of hydrogen-bond donors (Lipinski definition) is 1. The zero-order chi connectivity index (χ0) is 19.2. The van der Waals surface area contributed by atoms with Crippen molar-refractivity contribution in [2.75, 3.05) is 13.2 Å². The van der Waals surface area contributed by atoms with Crippen LogP contribution in [0.2, 0.25) is 0 Å². The Morgan fingerprint density at radius 1 is 1.22 bits per heavy atom. The van der Waals surface area contributed by atoms with Crippen LogP contribution in [0.4, 0.5) is 0 Å². The van der Waals surface area contributed by atoms with E-state index in [0.717, 1.165) is 35.6 Å². The molecule has 0 fully saturated rings. The lowest BCUT2D eigenvalue weighted by Crippen LogP contribution is -2.09. The number of rotatable bonds is 9. The first-order valence-electron chi connectivity index (χ1n) is 9.08. The lowest BCUT2D eigenvalue weighted by molar-refractivity contribution is 0.0697. The van der Waals surface area contributed by atoms with Gasteiger partial charge in [-0.2, -0.15) is 0 Å². The Morgan fingerprint density at radius 2 is 2.04 bits per heavy atom. The summed E-state index contributed by atoms with van der Waals surface area (Å²) in [7, 11) is 0. The van der Waals surface area contributed by atoms with Crippen molar-refractivity contribution in [2.24, 2.45) is 0 Å². The number of benzene rings is 2. The van der Waals surface area contributed by atoms with Crippen LogP contribution in [0.15, 0.2) is 42.5 Å². The van der Waals surface area contributed by atoms with Crippen LogP contribution >= 0.6 is 0 Å². The average molecular weight is 368 g/mol. The summed E-state index contributed by atoms with van der Waals surface area (Å²) in [5.74, 6) is 0.629. The van der Waals surface area contributed by atoms with Gasteiger partial charge >= 0.3 is 5.97 Å². The molecule has 0 radical (unpaired) electrons. The van der Waals surface area contributed by atoms with Crippen LogP contribution in [0.5, 0.6) is 5.75 Å². The Bertz CT molecular complexity index is 933. The van der Waals surface area contributed by atoms with E-state index in [9.17, 15) is 9.90 Å².